The highest BCUT2D eigenvalue weighted by Gasteiger charge is 2.23. The second-order valence-corrected chi connectivity index (χ2v) is 6.36. The first-order valence-corrected chi connectivity index (χ1v) is 8.52. The van der Waals surface area contributed by atoms with Crippen LogP contribution in [0.1, 0.15) is 11.8 Å². The minimum absolute atomic E-state index is 0.0206. The van der Waals surface area contributed by atoms with Crippen molar-refractivity contribution in [1.82, 2.24) is 20.1 Å². The fourth-order valence-corrected chi connectivity index (χ4v) is 3.04. The number of carbonyl (C=O) groups is 1. The normalized spacial score (nSPS) is 16.1. The largest absolute Gasteiger partial charge is 0.468 e. The van der Waals surface area contributed by atoms with Gasteiger partial charge in [0.2, 0.25) is 0 Å². The van der Waals surface area contributed by atoms with Gasteiger partial charge in [-0.3, -0.25) is 9.88 Å². The fourth-order valence-electron chi connectivity index (χ4n) is 3.04. The van der Waals surface area contributed by atoms with Crippen molar-refractivity contribution in [2.24, 2.45) is 0 Å². The Morgan fingerprint density at radius 3 is 2.56 bits per heavy atom. The minimum atomic E-state index is -0.0206. The van der Waals surface area contributed by atoms with E-state index in [0.29, 0.717) is 19.6 Å². The van der Waals surface area contributed by atoms with Gasteiger partial charge in [0.15, 0.2) is 0 Å². The van der Waals surface area contributed by atoms with Crippen molar-refractivity contribution in [3.63, 3.8) is 0 Å². The van der Waals surface area contributed by atoms with Crippen molar-refractivity contribution in [2.45, 2.75) is 6.04 Å². The van der Waals surface area contributed by atoms with Gasteiger partial charge in [0.05, 0.1) is 12.3 Å². The lowest BCUT2D eigenvalue weighted by Gasteiger charge is -2.36. The second-order valence-electron chi connectivity index (χ2n) is 6.36. The van der Waals surface area contributed by atoms with Crippen molar-refractivity contribution >= 4 is 11.7 Å². The summed E-state index contributed by atoms with van der Waals surface area (Å²) in [6.45, 7) is 3.59. The zero-order chi connectivity index (χ0) is 17.6. The van der Waals surface area contributed by atoms with Crippen LogP contribution >= 0.6 is 0 Å². The number of furan rings is 1. The smallest absolute Gasteiger partial charge is 0.317 e. The van der Waals surface area contributed by atoms with Crippen molar-refractivity contribution in [1.29, 1.82) is 0 Å². The molecule has 0 aromatic carbocycles. The molecule has 1 atom stereocenters. The first-order chi connectivity index (χ1) is 12.1. The second kappa shape index (κ2) is 8.02. The van der Waals surface area contributed by atoms with Gasteiger partial charge in [-0.2, -0.15) is 0 Å². The summed E-state index contributed by atoms with van der Waals surface area (Å²) in [5.74, 6) is 0.854. The monoisotopic (exact) mass is 343 g/mol. The van der Waals surface area contributed by atoms with E-state index >= 15 is 0 Å². The summed E-state index contributed by atoms with van der Waals surface area (Å²) < 4.78 is 5.48. The number of aromatic nitrogens is 1. The lowest BCUT2D eigenvalue weighted by molar-refractivity contribution is 0.186. The average Bonchev–Trinajstić information content (AvgIpc) is 3.16. The third-order valence-electron chi connectivity index (χ3n) is 4.54. The number of nitrogens with zero attached hydrogens (tertiary/aromatic N) is 4. The van der Waals surface area contributed by atoms with Gasteiger partial charge in [0.1, 0.15) is 5.76 Å². The summed E-state index contributed by atoms with van der Waals surface area (Å²) in [4.78, 5) is 22.7. The predicted octanol–water partition coefficient (Wildman–Crippen LogP) is 1.81. The molecule has 2 aromatic rings. The summed E-state index contributed by atoms with van der Waals surface area (Å²) in [6.07, 6.45) is 5.25. The molecular weight excluding hydrogens is 318 g/mol. The Morgan fingerprint density at radius 1 is 1.24 bits per heavy atom. The molecule has 0 spiro atoms. The molecule has 0 aliphatic carbocycles. The molecule has 1 fully saturated rings. The number of carbonyl (C=O) groups excluding carboxylic acids is 1. The van der Waals surface area contributed by atoms with Crippen LogP contribution in [-0.4, -0.2) is 67.6 Å². The molecule has 0 radical (unpaired) electrons. The number of hydrogen-bond donors (Lipinski definition) is 1. The van der Waals surface area contributed by atoms with E-state index in [0.717, 1.165) is 24.5 Å². The third-order valence-corrected chi connectivity index (χ3v) is 4.54. The van der Waals surface area contributed by atoms with Crippen molar-refractivity contribution in [2.75, 3.05) is 51.7 Å². The van der Waals surface area contributed by atoms with E-state index in [2.05, 4.69) is 15.2 Å². The van der Waals surface area contributed by atoms with Crippen LogP contribution in [0.5, 0.6) is 0 Å². The van der Waals surface area contributed by atoms with Crippen LogP contribution in [0.4, 0.5) is 10.5 Å². The molecule has 0 bridgehead atoms. The van der Waals surface area contributed by atoms with Gasteiger partial charge >= 0.3 is 6.03 Å². The van der Waals surface area contributed by atoms with Gasteiger partial charge in [0.25, 0.3) is 0 Å². The van der Waals surface area contributed by atoms with Gasteiger partial charge in [-0.25, -0.2) is 4.79 Å². The summed E-state index contributed by atoms with van der Waals surface area (Å²) in [6, 6.07) is 7.81. The Morgan fingerprint density at radius 2 is 1.96 bits per heavy atom. The molecule has 2 amide bonds. The number of nitrogens with one attached hydrogen (secondary N) is 1. The van der Waals surface area contributed by atoms with Crippen LogP contribution < -0.4 is 10.2 Å². The quantitative estimate of drug-likeness (QED) is 0.897. The Balaban J connectivity index is 1.49. The first-order valence-electron chi connectivity index (χ1n) is 8.52. The maximum Gasteiger partial charge on any atom is 0.317 e. The Kier molecular flexibility index (Phi) is 5.55. The van der Waals surface area contributed by atoms with E-state index < -0.39 is 0 Å². The summed E-state index contributed by atoms with van der Waals surface area (Å²) in [5.41, 5.74) is 1.15. The Bertz CT molecular complexity index is 651. The number of pyridine rings is 1. The highest BCUT2D eigenvalue weighted by Crippen LogP contribution is 2.18. The van der Waals surface area contributed by atoms with Crippen LogP contribution in [0.3, 0.4) is 0 Å². The maximum absolute atomic E-state index is 12.5. The van der Waals surface area contributed by atoms with Gasteiger partial charge in [0, 0.05) is 50.8 Å². The summed E-state index contributed by atoms with van der Waals surface area (Å²) in [5, 5.41) is 3.03. The molecule has 1 saturated heterocycles. The minimum Gasteiger partial charge on any atom is -0.468 e. The third kappa shape index (κ3) is 4.30. The fraction of sp³-hybridized carbons (Fsp3) is 0.444. The SMILES string of the molecule is CN(C)C(CNC(=O)N1CCN(c2ccncc2)CC1)c1ccco1. The van der Waals surface area contributed by atoms with E-state index in [4.69, 9.17) is 4.42 Å². The topological polar surface area (TPSA) is 64.9 Å². The molecule has 7 heteroatoms. The number of urea groups is 1. The van der Waals surface area contributed by atoms with Crippen molar-refractivity contribution < 1.29 is 9.21 Å². The molecule has 25 heavy (non-hydrogen) atoms. The van der Waals surface area contributed by atoms with Gasteiger partial charge in [-0.15, -0.1) is 0 Å². The molecule has 1 aliphatic rings. The molecule has 3 heterocycles. The zero-order valence-corrected chi connectivity index (χ0v) is 14.8. The van der Waals surface area contributed by atoms with E-state index in [1.807, 2.05) is 48.2 Å². The molecular formula is C18H25N5O2. The van der Waals surface area contributed by atoms with Crippen LogP contribution in [0, 0.1) is 0 Å². The maximum atomic E-state index is 12.5. The molecule has 134 valence electrons. The molecule has 1 aliphatic heterocycles. The molecule has 2 aromatic heterocycles. The van der Waals surface area contributed by atoms with Gasteiger partial charge < -0.3 is 19.5 Å². The van der Waals surface area contributed by atoms with Crippen LogP contribution in [-0.2, 0) is 0 Å². The van der Waals surface area contributed by atoms with Crippen LogP contribution in [0.15, 0.2) is 47.3 Å². The number of piperazine rings is 1. The molecule has 7 nitrogen and oxygen atoms in total. The highest BCUT2D eigenvalue weighted by molar-refractivity contribution is 5.74. The Hall–Kier alpha value is -2.54. The van der Waals surface area contributed by atoms with E-state index in [1.165, 1.54) is 0 Å². The van der Waals surface area contributed by atoms with Gasteiger partial charge in [-0.1, -0.05) is 0 Å². The lowest BCUT2D eigenvalue weighted by Crippen LogP contribution is -2.52. The van der Waals surface area contributed by atoms with Crippen molar-refractivity contribution in [3.8, 4) is 0 Å². The first kappa shape index (κ1) is 17.3. The van der Waals surface area contributed by atoms with Crippen LogP contribution in [0.2, 0.25) is 0 Å². The molecule has 1 N–H and O–H groups in total. The summed E-state index contributed by atoms with van der Waals surface area (Å²) in [7, 11) is 3.96. The lowest BCUT2D eigenvalue weighted by atomic mass is 10.2. The van der Waals surface area contributed by atoms with E-state index in [1.54, 1.807) is 18.7 Å². The number of likely N-dealkylation sites (N-methyl/N-ethyl adjacent to an activating group) is 1. The number of rotatable bonds is 5. The van der Waals surface area contributed by atoms with E-state index in [-0.39, 0.29) is 12.1 Å². The summed E-state index contributed by atoms with van der Waals surface area (Å²) >= 11 is 0. The Labute approximate surface area is 148 Å². The zero-order valence-electron chi connectivity index (χ0n) is 14.8. The number of amides is 2. The molecule has 3 rings (SSSR count). The van der Waals surface area contributed by atoms with E-state index in [9.17, 15) is 4.79 Å². The van der Waals surface area contributed by atoms with Crippen LogP contribution in [0.25, 0.3) is 0 Å². The standard InChI is InChI=1S/C18H25N5O2/c1-21(2)16(17-4-3-13-25-17)14-20-18(24)23-11-9-22(10-12-23)15-5-7-19-8-6-15/h3-8,13,16H,9-12,14H2,1-2H3,(H,20,24). The average molecular weight is 343 g/mol. The predicted molar refractivity (Wildman–Crippen MR) is 96.6 cm³/mol. The number of anilines is 1. The van der Waals surface area contributed by atoms with Gasteiger partial charge in [-0.05, 0) is 38.4 Å². The molecule has 0 saturated carbocycles. The number of hydrogen-bond acceptors (Lipinski definition) is 5. The molecule has 1 unspecified atom stereocenters. The van der Waals surface area contributed by atoms with Crippen molar-refractivity contribution in [3.05, 3.63) is 48.7 Å². The highest BCUT2D eigenvalue weighted by atomic mass is 16.3.